The summed E-state index contributed by atoms with van der Waals surface area (Å²) in [4.78, 5) is 14.1. The normalized spacial score (nSPS) is 20.4. The van der Waals surface area contributed by atoms with Crippen molar-refractivity contribution in [3.05, 3.63) is 11.3 Å². The molecule has 0 radical (unpaired) electrons. The van der Waals surface area contributed by atoms with Crippen LogP contribution in [0.2, 0.25) is 0 Å². The molecule has 0 spiro atoms. The van der Waals surface area contributed by atoms with Gasteiger partial charge >= 0.3 is 0 Å². The molecule has 5 heteroatoms. The lowest BCUT2D eigenvalue weighted by molar-refractivity contribution is 0.0787. The number of aryl methyl sites for hydroxylation is 1. The third-order valence-electron chi connectivity index (χ3n) is 3.34. The fraction of sp³-hybridized carbons (Fsp3) is 0.636. The van der Waals surface area contributed by atoms with Gasteiger partial charge in [-0.3, -0.25) is 9.89 Å². The number of H-pyrrole nitrogens is 1. The Morgan fingerprint density at radius 3 is 2.94 bits per heavy atom. The minimum atomic E-state index is 0.0136. The Balaban J connectivity index is 2.15. The van der Waals surface area contributed by atoms with Gasteiger partial charge < -0.3 is 10.6 Å². The Bertz CT molecular complexity index is 379. The van der Waals surface area contributed by atoms with Crippen LogP contribution in [0.4, 0.5) is 5.82 Å². The number of anilines is 1. The van der Waals surface area contributed by atoms with E-state index in [-0.39, 0.29) is 5.91 Å². The zero-order chi connectivity index (χ0) is 11.7. The highest BCUT2D eigenvalue weighted by Gasteiger charge is 2.28. The number of nitrogens with one attached hydrogen (secondary N) is 1. The number of carbonyl (C=O) groups is 1. The molecule has 1 aliphatic rings. The molecule has 5 nitrogen and oxygen atoms in total. The van der Waals surface area contributed by atoms with Crippen molar-refractivity contribution in [2.24, 2.45) is 5.92 Å². The van der Waals surface area contributed by atoms with Crippen LogP contribution in [0.25, 0.3) is 0 Å². The van der Waals surface area contributed by atoms with E-state index in [1.54, 1.807) is 0 Å². The van der Waals surface area contributed by atoms with E-state index in [1.807, 2.05) is 11.8 Å². The quantitative estimate of drug-likeness (QED) is 0.788. The molecule has 2 heterocycles. The SMILES string of the molecule is CCC1CCN(C(=O)c2c(N)n[nH]c2C)C1. The number of aromatic nitrogens is 2. The van der Waals surface area contributed by atoms with Crippen LogP contribution in [0, 0.1) is 12.8 Å². The van der Waals surface area contributed by atoms with Crippen molar-refractivity contribution in [1.82, 2.24) is 15.1 Å². The maximum Gasteiger partial charge on any atom is 0.259 e. The van der Waals surface area contributed by atoms with E-state index in [0.29, 0.717) is 17.3 Å². The number of hydrogen-bond donors (Lipinski definition) is 2. The number of likely N-dealkylation sites (tertiary alicyclic amines) is 1. The van der Waals surface area contributed by atoms with E-state index in [0.717, 1.165) is 31.6 Å². The highest BCUT2D eigenvalue weighted by molar-refractivity contribution is 5.99. The summed E-state index contributed by atoms with van der Waals surface area (Å²) in [5.41, 5.74) is 6.98. The van der Waals surface area contributed by atoms with Crippen molar-refractivity contribution < 1.29 is 4.79 Å². The number of nitrogens with two attached hydrogens (primary N) is 1. The topological polar surface area (TPSA) is 75.0 Å². The van der Waals surface area contributed by atoms with Gasteiger partial charge in [0.25, 0.3) is 5.91 Å². The summed E-state index contributed by atoms with van der Waals surface area (Å²) in [6.45, 7) is 5.67. The predicted octanol–water partition coefficient (Wildman–Crippen LogP) is 1.17. The van der Waals surface area contributed by atoms with Gasteiger partial charge in [0.15, 0.2) is 5.82 Å². The average molecular weight is 222 g/mol. The van der Waals surface area contributed by atoms with Gasteiger partial charge in [-0.05, 0) is 19.3 Å². The highest BCUT2D eigenvalue weighted by Crippen LogP contribution is 2.23. The van der Waals surface area contributed by atoms with Gasteiger partial charge in [0.2, 0.25) is 0 Å². The van der Waals surface area contributed by atoms with E-state index >= 15 is 0 Å². The molecule has 1 saturated heterocycles. The number of amides is 1. The summed E-state index contributed by atoms with van der Waals surface area (Å²) in [6.07, 6.45) is 2.22. The smallest absolute Gasteiger partial charge is 0.259 e. The first kappa shape index (κ1) is 11.0. The Hall–Kier alpha value is -1.52. The molecule has 16 heavy (non-hydrogen) atoms. The summed E-state index contributed by atoms with van der Waals surface area (Å²) in [5, 5.41) is 6.60. The minimum Gasteiger partial charge on any atom is -0.382 e. The van der Waals surface area contributed by atoms with E-state index in [9.17, 15) is 4.79 Å². The fourth-order valence-electron chi connectivity index (χ4n) is 2.23. The Kier molecular flexibility index (Phi) is 2.85. The lowest BCUT2D eigenvalue weighted by atomic mass is 10.1. The second kappa shape index (κ2) is 4.15. The number of aromatic amines is 1. The third kappa shape index (κ3) is 1.77. The summed E-state index contributed by atoms with van der Waals surface area (Å²) in [6, 6.07) is 0. The monoisotopic (exact) mass is 222 g/mol. The zero-order valence-electron chi connectivity index (χ0n) is 9.79. The predicted molar refractivity (Wildman–Crippen MR) is 62.0 cm³/mol. The fourth-order valence-corrected chi connectivity index (χ4v) is 2.23. The van der Waals surface area contributed by atoms with Gasteiger partial charge in [0.1, 0.15) is 5.56 Å². The summed E-state index contributed by atoms with van der Waals surface area (Å²) in [7, 11) is 0. The zero-order valence-corrected chi connectivity index (χ0v) is 9.79. The van der Waals surface area contributed by atoms with Gasteiger partial charge in [-0.25, -0.2) is 0 Å². The summed E-state index contributed by atoms with van der Waals surface area (Å²) < 4.78 is 0. The van der Waals surface area contributed by atoms with Crippen molar-refractivity contribution in [3.8, 4) is 0 Å². The molecule has 0 aromatic carbocycles. The number of nitrogens with zero attached hydrogens (tertiary/aromatic N) is 2. The molecule has 0 aliphatic carbocycles. The summed E-state index contributed by atoms with van der Waals surface area (Å²) in [5.74, 6) is 0.958. The molecule has 88 valence electrons. The van der Waals surface area contributed by atoms with Gasteiger partial charge in [-0.15, -0.1) is 0 Å². The van der Waals surface area contributed by atoms with Crippen molar-refractivity contribution >= 4 is 11.7 Å². The van der Waals surface area contributed by atoms with Crippen LogP contribution in [-0.2, 0) is 0 Å². The maximum absolute atomic E-state index is 12.2. The largest absolute Gasteiger partial charge is 0.382 e. The molecule has 1 amide bonds. The van der Waals surface area contributed by atoms with Crippen LogP contribution in [0.1, 0.15) is 35.8 Å². The van der Waals surface area contributed by atoms with Crippen LogP contribution in [0.15, 0.2) is 0 Å². The van der Waals surface area contributed by atoms with Crippen molar-refractivity contribution in [2.45, 2.75) is 26.7 Å². The molecule has 1 unspecified atom stereocenters. The Morgan fingerprint density at radius 1 is 1.69 bits per heavy atom. The number of rotatable bonds is 2. The molecule has 1 atom stereocenters. The van der Waals surface area contributed by atoms with Crippen molar-refractivity contribution in [1.29, 1.82) is 0 Å². The van der Waals surface area contributed by atoms with E-state index in [4.69, 9.17) is 5.73 Å². The van der Waals surface area contributed by atoms with E-state index in [1.165, 1.54) is 0 Å². The minimum absolute atomic E-state index is 0.0136. The van der Waals surface area contributed by atoms with Crippen molar-refractivity contribution in [3.63, 3.8) is 0 Å². The molecule has 2 rings (SSSR count). The molecular weight excluding hydrogens is 204 g/mol. The molecule has 0 saturated carbocycles. The van der Waals surface area contributed by atoms with Gasteiger partial charge in [0.05, 0.1) is 0 Å². The first-order chi connectivity index (χ1) is 7.63. The standard InChI is InChI=1S/C11H18N4O/c1-3-8-4-5-15(6-8)11(16)9-7(2)13-14-10(9)12/h8H,3-6H2,1-2H3,(H3,12,13,14). The molecular formula is C11H18N4O. The first-order valence-electron chi connectivity index (χ1n) is 5.73. The first-order valence-corrected chi connectivity index (χ1v) is 5.73. The second-order valence-electron chi connectivity index (χ2n) is 4.42. The summed E-state index contributed by atoms with van der Waals surface area (Å²) >= 11 is 0. The maximum atomic E-state index is 12.2. The molecule has 0 bridgehead atoms. The number of carbonyl (C=O) groups excluding carboxylic acids is 1. The van der Waals surface area contributed by atoms with Gasteiger partial charge in [0, 0.05) is 18.8 Å². The highest BCUT2D eigenvalue weighted by atomic mass is 16.2. The van der Waals surface area contributed by atoms with Gasteiger partial charge in [-0.2, -0.15) is 5.10 Å². The number of hydrogen-bond acceptors (Lipinski definition) is 3. The number of nitrogen functional groups attached to an aromatic ring is 1. The Labute approximate surface area is 95.0 Å². The van der Waals surface area contributed by atoms with Crippen LogP contribution in [0.5, 0.6) is 0 Å². The van der Waals surface area contributed by atoms with E-state index < -0.39 is 0 Å². The van der Waals surface area contributed by atoms with Gasteiger partial charge in [-0.1, -0.05) is 13.3 Å². The molecule has 1 aromatic rings. The molecule has 3 N–H and O–H groups in total. The van der Waals surface area contributed by atoms with Crippen LogP contribution >= 0.6 is 0 Å². The van der Waals surface area contributed by atoms with Crippen LogP contribution in [0.3, 0.4) is 0 Å². The Morgan fingerprint density at radius 2 is 2.44 bits per heavy atom. The van der Waals surface area contributed by atoms with Crippen LogP contribution in [-0.4, -0.2) is 34.1 Å². The average Bonchev–Trinajstić information content (AvgIpc) is 2.85. The lowest BCUT2D eigenvalue weighted by Crippen LogP contribution is -2.29. The lowest BCUT2D eigenvalue weighted by Gasteiger charge is -2.16. The molecule has 1 fully saturated rings. The molecule has 1 aliphatic heterocycles. The second-order valence-corrected chi connectivity index (χ2v) is 4.42. The van der Waals surface area contributed by atoms with Crippen LogP contribution < -0.4 is 5.73 Å². The van der Waals surface area contributed by atoms with E-state index in [2.05, 4.69) is 17.1 Å². The van der Waals surface area contributed by atoms with Crippen molar-refractivity contribution in [2.75, 3.05) is 18.8 Å². The third-order valence-corrected chi connectivity index (χ3v) is 3.34. The molecule has 1 aromatic heterocycles.